The average Bonchev–Trinajstić information content (AvgIpc) is 3.21. The molecule has 0 saturated carbocycles. The Morgan fingerprint density at radius 3 is 2.77 bits per heavy atom. The quantitative estimate of drug-likeness (QED) is 0.651. The zero-order valence-electron chi connectivity index (χ0n) is 17.6. The molecule has 0 bridgehead atoms. The monoisotopic (exact) mass is 431 g/mol. The predicted molar refractivity (Wildman–Crippen MR) is 117 cm³/mol. The van der Waals surface area contributed by atoms with Gasteiger partial charge in [0.15, 0.2) is 5.16 Å². The molecule has 2 saturated heterocycles. The Hall–Kier alpha value is -2.26. The van der Waals surface area contributed by atoms with E-state index in [9.17, 15) is 4.79 Å². The fourth-order valence-corrected chi connectivity index (χ4v) is 4.79. The number of rotatable bonds is 6. The fraction of sp³-hybridized carbons (Fsp3) is 0.571. The van der Waals surface area contributed by atoms with Crippen molar-refractivity contribution in [3.63, 3.8) is 0 Å². The summed E-state index contributed by atoms with van der Waals surface area (Å²) in [5.41, 5.74) is 0.889. The summed E-state index contributed by atoms with van der Waals surface area (Å²) < 4.78 is 13.2. The second kappa shape index (κ2) is 9.70. The third-order valence-corrected chi connectivity index (χ3v) is 6.41. The first-order chi connectivity index (χ1) is 14.7. The van der Waals surface area contributed by atoms with Crippen LogP contribution in [0.5, 0.6) is 5.75 Å². The van der Waals surface area contributed by atoms with Gasteiger partial charge < -0.3 is 19.3 Å². The van der Waals surface area contributed by atoms with E-state index < -0.39 is 0 Å². The van der Waals surface area contributed by atoms with Crippen LogP contribution in [0.4, 0.5) is 5.95 Å². The third kappa shape index (κ3) is 4.57. The maximum atomic E-state index is 12.8. The Morgan fingerprint density at radius 2 is 2.00 bits per heavy atom. The summed E-state index contributed by atoms with van der Waals surface area (Å²) in [7, 11) is 1.67. The minimum atomic E-state index is 0.0793. The molecule has 1 aromatic heterocycles. The SMILES string of the molecule is COc1ccccc1-n1c(SCC(=O)N2CCOC(C)C2)nnc1N1CCCCC1. The molecule has 2 aliphatic heterocycles. The van der Waals surface area contributed by atoms with Crippen LogP contribution in [0.1, 0.15) is 26.2 Å². The maximum Gasteiger partial charge on any atom is 0.233 e. The molecule has 8 nitrogen and oxygen atoms in total. The summed E-state index contributed by atoms with van der Waals surface area (Å²) in [5, 5.41) is 9.67. The first-order valence-corrected chi connectivity index (χ1v) is 11.5. The van der Waals surface area contributed by atoms with E-state index in [2.05, 4.69) is 15.1 Å². The number of nitrogens with zero attached hydrogens (tertiary/aromatic N) is 5. The molecule has 1 aromatic carbocycles. The van der Waals surface area contributed by atoms with Gasteiger partial charge in [0.05, 0.1) is 31.3 Å². The van der Waals surface area contributed by atoms with Crippen LogP contribution in [-0.4, -0.2) is 77.3 Å². The first-order valence-electron chi connectivity index (χ1n) is 10.5. The minimum Gasteiger partial charge on any atom is -0.495 e. The van der Waals surface area contributed by atoms with Gasteiger partial charge in [-0.25, -0.2) is 0 Å². The van der Waals surface area contributed by atoms with E-state index in [1.54, 1.807) is 7.11 Å². The molecular weight excluding hydrogens is 402 g/mol. The molecule has 1 atom stereocenters. The van der Waals surface area contributed by atoms with Crippen molar-refractivity contribution in [2.24, 2.45) is 0 Å². The van der Waals surface area contributed by atoms with Crippen molar-refractivity contribution in [2.45, 2.75) is 37.4 Å². The zero-order valence-corrected chi connectivity index (χ0v) is 18.4. The van der Waals surface area contributed by atoms with E-state index in [-0.39, 0.29) is 12.0 Å². The number of thioether (sulfide) groups is 1. The number of amides is 1. The number of aromatic nitrogens is 3. The predicted octanol–water partition coefficient (Wildman–Crippen LogP) is 2.61. The fourth-order valence-electron chi connectivity index (χ4n) is 3.94. The summed E-state index contributed by atoms with van der Waals surface area (Å²) in [4.78, 5) is 16.9. The highest BCUT2D eigenvalue weighted by Crippen LogP contribution is 2.32. The minimum absolute atomic E-state index is 0.0793. The highest BCUT2D eigenvalue weighted by Gasteiger charge is 2.25. The molecule has 2 fully saturated rings. The van der Waals surface area contributed by atoms with Crippen molar-refractivity contribution in [1.82, 2.24) is 19.7 Å². The lowest BCUT2D eigenvalue weighted by atomic mass is 10.1. The second-order valence-corrected chi connectivity index (χ2v) is 8.59. The molecule has 9 heteroatoms. The van der Waals surface area contributed by atoms with Crippen LogP contribution in [0.2, 0.25) is 0 Å². The second-order valence-electron chi connectivity index (χ2n) is 7.65. The summed E-state index contributed by atoms with van der Waals surface area (Å²) in [5.74, 6) is 1.99. The third-order valence-electron chi connectivity index (χ3n) is 5.50. The van der Waals surface area contributed by atoms with Gasteiger partial charge in [0.2, 0.25) is 11.9 Å². The van der Waals surface area contributed by atoms with Crippen molar-refractivity contribution < 1.29 is 14.3 Å². The summed E-state index contributed by atoms with van der Waals surface area (Å²) in [6, 6.07) is 7.87. The van der Waals surface area contributed by atoms with Crippen LogP contribution in [0.15, 0.2) is 29.4 Å². The number of para-hydroxylation sites is 2. The molecule has 0 aliphatic carbocycles. The van der Waals surface area contributed by atoms with E-state index >= 15 is 0 Å². The van der Waals surface area contributed by atoms with E-state index in [0.717, 1.165) is 43.3 Å². The molecule has 1 amide bonds. The molecule has 0 spiro atoms. The molecule has 3 heterocycles. The van der Waals surface area contributed by atoms with Crippen LogP contribution in [0.3, 0.4) is 0 Å². The molecule has 1 unspecified atom stereocenters. The van der Waals surface area contributed by atoms with Gasteiger partial charge in [0.25, 0.3) is 0 Å². The number of ether oxygens (including phenoxy) is 2. The van der Waals surface area contributed by atoms with Crippen LogP contribution >= 0.6 is 11.8 Å². The maximum absolute atomic E-state index is 12.8. The van der Waals surface area contributed by atoms with Crippen molar-refractivity contribution in [3.8, 4) is 11.4 Å². The average molecular weight is 432 g/mol. The van der Waals surface area contributed by atoms with Gasteiger partial charge in [-0.1, -0.05) is 23.9 Å². The highest BCUT2D eigenvalue weighted by atomic mass is 32.2. The molecule has 4 rings (SSSR count). The largest absolute Gasteiger partial charge is 0.495 e. The zero-order chi connectivity index (χ0) is 20.9. The summed E-state index contributed by atoms with van der Waals surface area (Å²) in [6.07, 6.45) is 3.62. The summed E-state index contributed by atoms with van der Waals surface area (Å²) >= 11 is 1.42. The summed E-state index contributed by atoms with van der Waals surface area (Å²) in [6.45, 7) is 5.79. The smallest absolute Gasteiger partial charge is 0.233 e. The van der Waals surface area contributed by atoms with E-state index in [4.69, 9.17) is 9.47 Å². The highest BCUT2D eigenvalue weighted by molar-refractivity contribution is 7.99. The van der Waals surface area contributed by atoms with Crippen LogP contribution in [-0.2, 0) is 9.53 Å². The topological polar surface area (TPSA) is 72.7 Å². The van der Waals surface area contributed by atoms with Crippen molar-refractivity contribution in [1.29, 1.82) is 0 Å². The lowest BCUT2D eigenvalue weighted by Crippen LogP contribution is -2.45. The van der Waals surface area contributed by atoms with Gasteiger partial charge >= 0.3 is 0 Å². The van der Waals surface area contributed by atoms with Gasteiger partial charge in [-0.3, -0.25) is 9.36 Å². The van der Waals surface area contributed by atoms with Crippen molar-refractivity contribution >= 4 is 23.6 Å². The van der Waals surface area contributed by atoms with Crippen LogP contribution in [0.25, 0.3) is 5.69 Å². The van der Waals surface area contributed by atoms with E-state index in [1.807, 2.05) is 40.7 Å². The Bertz CT molecular complexity index is 868. The van der Waals surface area contributed by atoms with Gasteiger partial charge in [-0.05, 0) is 38.3 Å². The number of methoxy groups -OCH3 is 1. The van der Waals surface area contributed by atoms with Gasteiger partial charge in [0.1, 0.15) is 5.75 Å². The lowest BCUT2D eigenvalue weighted by Gasteiger charge is -2.31. The Kier molecular flexibility index (Phi) is 6.79. The Balaban J connectivity index is 1.59. The van der Waals surface area contributed by atoms with E-state index in [1.165, 1.54) is 18.2 Å². The van der Waals surface area contributed by atoms with Crippen LogP contribution in [0, 0.1) is 0 Å². The molecule has 2 aliphatic rings. The van der Waals surface area contributed by atoms with E-state index in [0.29, 0.717) is 30.6 Å². The number of anilines is 1. The molecule has 162 valence electrons. The van der Waals surface area contributed by atoms with Crippen LogP contribution < -0.4 is 9.64 Å². The van der Waals surface area contributed by atoms with Crippen molar-refractivity contribution in [3.05, 3.63) is 24.3 Å². The number of morpholine rings is 1. The van der Waals surface area contributed by atoms with Gasteiger partial charge in [-0.15, -0.1) is 10.2 Å². The van der Waals surface area contributed by atoms with Gasteiger partial charge in [-0.2, -0.15) is 0 Å². The molecule has 0 radical (unpaired) electrons. The van der Waals surface area contributed by atoms with Crippen molar-refractivity contribution in [2.75, 3.05) is 50.5 Å². The number of hydrogen-bond donors (Lipinski definition) is 0. The number of hydrogen-bond acceptors (Lipinski definition) is 7. The lowest BCUT2D eigenvalue weighted by molar-refractivity contribution is -0.135. The Labute approximate surface area is 181 Å². The standard InChI is InChI=1S/C21H29N5O3S/c1-16-14-25(12-13-29-16)19(27)15-30-21-23-22-20(24-10-6-3-7-11-24)26(21)17-8-4-5-9-18(17)28-2/h4-5,8-9,16H,3,6-7,10-15H2,1-2H3. The van der Waals surface area contributed by atoms with Gasteiger partial charge in [0, 0.05) is 26.2 Å². The normalized spacial score (nSPS) is 19.7. The molecule has 2 aromatic rings. The molecule has 0 N–H and O–H groups in total. The number of piperidine rings is 1. The number of carbonyl (C=O) groups is 1. The molecular formula is C21H29N5O3S. The number of benzene rings is 1. The first kappa shape index (κ1) is 21.0. The number of carbonyl (C=O) groups excluding carboxylic acids is 1. The Morgan fingerprint density at radius 1 is 1.20 bits per heavy atom. The molecule has 30 heavy (non-hydrogen) atoms.